The summed E-state index contributed by atoms with van der Waals surface area (Å²) in [6.07, 6.45) is 0. The summed E-state index contributed by atoms with van der Waals surface area (Å²) in [6, 6.07) is 21.9. The number of para-hydroxylation sites is 1. The predicted octanol–water partition coefficient (Wildman–Crippen LogP) is 6.14. The van der Waals surface area contributed by atoms with Crippen molar-refractivity contribution >= 4 is 39.9 Å². The first kappa shape index (κ1) is 18.9. The summed E-state index contributed by atoms with van der Waals surface area (Å²) < 4.78 is 12.6. The molecule has 3 aromatic rings. The number of hydrogen-bond donors (Lipinski definition) is 1. The molecule has 0 atom stereocenters. The van der Waals surface area contributed by atoms with Gasteiger partial charge in [-0.15, -0.1) is 0 Å². The minimum absolute atomic E-state index is 0.439. The van der Waals surface area contributed by atoms with Crippen LogP contribution in [-0.2, 0) is 13.2 Å². The number of anilines is 1. The van der Waals surface area contributed by atoms with Gasteiger partial charge in [-0.25, -0.2) is 0 Å². The molecule has 0 spiro atoms. The van der Waals surface area contributed by atoms with E-state index in [-0.39, 0.29) is 0 Å². The smallest absolute Gasteiger partial charge is 0.174 e. The van der Waals surface area contributed by atoms with Gasteiger partial charge < -0.3 is 14.8 Å². The standard InChI is InChI=1S/C21H19ClINO2/c1-25-20-12-16(13-24-18-8-3-2-4-9-18)11-19(23)21(20)26-14-15-6-5-7-17(22)10-15/h2-12,24H,13-14H2,1H3. The van der Waals surface area contributed by atoms with E-state index in [9.17, 15) is 0 Å². The van der Waals surface area contributed by atoms with Gasteiger partial charge in [-0.05, 0) is 70.1 Å². The fourth-order valence-corrected chi connectivity index (χ4v) is 3.59. The molecule has 0 aliphatic carbocycles. The molecule has 3 nitrogen and oxygen atoms in total. The summed E-state index contributed by atoms with van der Waals surface area (Å²) in [4.78, 5) is 0. The van der Waals surface area contributed by atoms with E-state index in [0.717, 1.165) is 31.9 Å². The maximum Gasteiger partial charge on any atom is 0.174 e. The molecule has 0 bridgehead atoms. The molecular weight excluding hydrogens is 461 g/mol. The maximum absolute atomic E-state index is 6.03. The van der Waals surface area contributed by atoms with Crippen LogP contribution >= 0.6 is 34.2 Å². The van der Waals surface area contributed by atoms with Crippen molar-refractivity contribution in [2.45, 2.75) is 13.2 Å². The van der Waals surface area contributed by atoms with Gasteiger partial charge in [0.05, 0.1) is 10.7 Å². The van der Waals surface area contributed by atoms with Crippen LogP contribution in [0.15, 0.2) is 66.7 Å². The van der Waals surface area contributed by atoms with Crippen LogP contribution < -0.4 is 14.8 Å². The second-order valence-corrected chi connectivity index (χ2v) is 7.35. The zero-order chi connectivity index (χ0) is 18.4. The first-order valence-electron chi connectivity index (χ1n) is 8.18. The highest BCUT2D eigenvalue weighted by Gasteiger charge is 2.12. The number of hydrogen-bond acceptors (Lipinski definition) is 3. The van der Waals surface area contributed by atoms with Crippen molar-refractivity contribution in [1.29, 1.82) is 0 Å². The van der Waals surface area contributed by atoms with Crippen LogP contribution in [0.4, 0.5) is 5.69 Å². The van der Waals surface area contributed by atoms with E-state index in [1.807, 2.05) is 60.7 Å². The molecule has 3 rings (SSSR count). The Bertz CT molecular complexity index is 871. The number of ether oxygens (including phenoxy) is 2. The normalized spacial score (nSPS) is 10.4. The lowest BCUT2D eigenvalue weighted by Crippen LogP contribution is -2.03. The van der Waals surface area contributed by atoms with Crippen LogP contribution in [0.1, 0.15) is 11.1 Å². The fraction of sp³-hybridized carbons (Fsp3) is 0.143. The van der Waals surface area contributed by atoms with Gasteiger partial charge in [0.2, 0.25) is 0 Å². The Morgan fingerprint density at radius 1 is 0.962 bits per heavy atom. The fourth-order valence-electron chi connectivity index (χ4n) is 2.56. The van der Waals surface area contributed by atoms with Crippen LogP contribution in [0.2, 0.25) is 5.02 Å². The van der Waals surface area contributed by atoms with Gasteiger partial charge in [0.15, 0.2) is 11.5 Å². The Morgan fingerprint density at radius 2 is 1.77 bits per heavy atom. The van der Waals surface area contributed by atoms with Gasteiger partial charge in [-0.1, -0.05) is 41.9 Å². The Balaban J connectivity index is 1.72. The second kappa shape index (κ2) is 9.14. The van der Waals surface area contributed by atoms with Gasteiger partial charge in [-0.2, -0.15) is 0 Å². The van der Waals surface area contributed by atoms with Crippen LogP contribution in [0.5, 0.6) is 11.5 Å². The lowest BCUT2D eigenvalue weighted by atomic mass is 10.2. The Morgan fingerprint density at radius 3 is 2.50 bits per heavy atom. The van der Waals surface area contributed by atoms with E-state index in [4.69, 9.17) is 21.1 Å². The molecule has 0 aliphatic heterocycles. The summed E-state index contributed by atoms with van der Waals surface area (Å²) in [5, 5.41) is 4.11. The Hall–Kier alpha value is -1.92. The van der Waals surface area contributed by atoms with E-state index in [0.29, 0.717) is 18.2 Å². The molecule has 134 valence electrons. The van der Waals surface area contributed by atoms with Crippen molar-refractivity contribution in [3.63, 3.8) is 0 Å². The topological polar surface area (TPSA) is 30.5 Å². The summed E-state index contributed by atoms with van der Waals surface area (Å²) in [5.41, 5.74) is 3.23. The van der Waals surface area contributed by atoms with Gasteiger partial charge in [0.25, 0.3) is 0 Å². The molecule has 0 amide bonds. The zero-order valence-electron chi connectivity index (χ0n) is 14.3. The third-order valence-electron chi connectivity index (χ3n) is 3.83. The van der Waals surface area contributed by atoms with Crippen LogP contribution in [-0.4, -0.2) is 7.11 Å². The summed E-state index contributed by atoms with van der Waals surface area (Å²) in [6.45, 7) is 1.15. The average Bonchev–Trinajstić information content (AvgIpc) is 2.66. The van der Waals surface area contributed by atoms with Gasteiger partial charge in [0.1, 0.15) is 6.61 Å². The molecule has 0 saturated carbocycles. The van der Waals surface area contributed by atoms with E-state index in [1.165, 1.54) is 0 Å². The Labute approximate surface area is 172 Å². The number of rotatable bonds is 7. The lowest BCUT2D eigenvalue weighted by Gasteiger charge is -2.15. The molecule has 0 radical (unpaired) electrons. The number of halogens is 2. The van der Waals surface area contributed by atoms with E-state index < -0.39 is 0 Å². The predicted molar refractivity (Wildman–Crippen MR) is 115 cm³/mol. The van der Waals surface area contributed by atoms with E-state index >= 15 is 0 Å². The van der Waals surface area contributed by atoms with Crippen LogP contribution in [0.3, 0.4) is 0 Å². The molecule has 26 heavy (non-hydrogen) atoms. The van der Waals surface area contributed by atoms with E-state index in [2.05, 4.69) is 34.0 Å². The first-order chi connectivity index (χ1) is 12.7. The lowest BCUT2D eigenvalue weighted by molar-refractivity contribution is 0.282. The van der Waals surface area contributed by atoms with Crippen molar-refractivity contribution in [2.75, 3.05) is 12.4 Å². The maximum atomic E-state index is 6.03. The highest BCUT2D eigenvalue weighted by atomic mass is 127. The molecule has 0 heterocycles. The SMILES string of the molecule is COc1cc(CNc2ccccc2)cc(I)c1OCc1cccc(Cl)c1. The highest BCUT2D eigenvalue weighted by molar-refractivity contribution is 14.1. The van der Waals surface area contributed by atoms with Crippen LogP contribution in [0.25, 0.3) is 0 Å². The molecule has 0 aliphatic rings. The van der Waals surface area contributed by atoms with Gasteiger partial charge >= 0.3 is 0 Å². The van der Waals surface area contributed by atoms with E-state index in [1.54, 1.807) is 7.11 Å². The largest absolute Gasteiger partial charge is 0.493 e. The minimum atomic E-state index is 0.439. The zero-order valence-corrected chi connectivity index (χ0v) is 17.3. The molecule has 0 aromatic heterocycles. The second-order valence-electron chi connectivity index (χ2n) is 5.75. The monoisotopic (exact) mass is 479 g/mol. The average molecular weight is 480 g/mol. The van der Waals surface area contributed by atoms with Crippen molar-refractivity contribution in [1.82, 2.24) is 0 Å². The molecule has 3 aromatic carbocycles. The third kappa shape index (κ3) is 5.05. The minimum Gasteiger partial charge on any atom is -0.493 e. The van der Waals surface area contributed by atoms with Crippen molar-refractivity contribution < 1.29 is 9.47 Å². The third-order valence-corrected chi connectivity index (χ3v) is 4.87. The molecule has 1 N–H and O–H groups in total. The number of nitrogens with one attached hydrogen (secondary N) is 1. The molecule has 5 heteroatoms. The molecule has 0 unspecified atom stereocenters. The first-order valence-corrected chi connectivity index (χ1v) is 9.64. The molecule has 0 saturated heterocycles. The molecular formula is C21H19ClINO2. The van der Waals surface area contributed by atoms with Crippen molar-refractivity contribution in [3.8, 4) is 11.5 Å². The Kier molecular flexibility index (Phi) is 6.63. The van der Waals surface area contributed by atoms with Crippen LogP contribution in [0, 0.1) is 3.57 Å². The van der Waals surface area contributed by atoms with Crippen molar-refractivity contribution in [3.05, 3.63) is 86.4 Å². The molecule has 0 fully saturated rings. The summed E-state index contributed by atoms with van der Waals surface area (Å²) >= 11 is 8.31. The van der Waals surface area contributed by atoms with Gasteiger partial charge in [-0.3, -0.25) is 0 Å². The summed E-state index contributed by atoms with van der Waals surface area (Å²) in [7, 11) is 1.66. The number of methoxy groups -OCH3 is 1. The van der Waals surface area contributed by atoms with Gasteiger partial charge in [0, 0.05) is 17.3 Å². The van der Waals surface area contributed by atoms with Crippen molar-refractivity contribution in [2.24, 2.45) is 0 Å². The summed E-state index contributed by atoms with van der Waals surface area (Å²) in [5.74, 6) is 1.47. The quantitative estimate of drug-likeness (QED) is 0.413. The number of benzene rings is 3. The highest BCUT2D eigenvalue weighted by Crippen LogP contribution is 2.35.